The molecule has 0 bridgehead atoms. The molecule has 0 radical (unpaired) electrons. The van der Waals surface area contributed by atoms with Crippen LogP contribution in [0.2, 0.25) is 0 Å². The Morgan fingerprint density at radius 1 is 0.941 bits per heavy atom. The van der Waals surface area contributed by atoms with Crippen LogP contribution in [0.25, 0.3) is 10.9 Å². The first kappa shape index (κ1) is 37.9. The van der Waals surface area contributed by atoms with Crippen LogP contribution in [-0.4, -0.2) is 95.6 Å². The van der Waals surface area contributed by atoms with Crippen molar-refractivity contribution < 1.29 is 27.9 Å². The Morgan fingerprint density at radius 2 is 1.61 bits per heavy atom. The minimum atomic E-state index is -4.00. The molecule has 5 rings (SSSR count). The summed E-state index contributed by atoms with van der Waals surface area (Å²) in [5.74, 6) is -0.120. The van der Waals surface area contributed by atoms with Crippen molar-refractivity contribution in [2.24, 2.45) is 18.9 Å². The molecule has 1 aromatic heterocycles. The number of aromatic nitrogens is 1. The molecule has 274 valence electrons. The van der Waals surface area contributed by atoms with Gasteiger partial charge in [-0.1, -0.05) is 76.2 Å². The molecule has 0 saturated carbocycles. The van der Waals surface area contributed by atoms with Crippen LogP contribution in [0.3, 0.4) is 0 Å². The number of amides is 3. The van der Waals surface area contributed by atoms with Gasteiger partial charge in [0.05, 0.1) is 30.7 Å². The van der Waals surface area contributed by atoms with Crippen molar-refractivity contribution in [1.29, 1.82) is 0 Å². The van der Waals surface area contributed by atoms with E-state index in [0.29, 0.717) is 25.4 Å². The zero-order chi connectivity index (χ0) is 36.9. The van der Waals surface area contributed by atoms with Gasteiger partial charge >= 0.3 is 6.03 Å². The summed E-state index contributed by atoms with van der Waals surface area (Å²) < 4.78 is 36.3. The van der Waals surface area contributed by atoms with Crippen molar-refractivity contribution in [2.75, 3.05) is 33.3 Å². The van der Waals surface area contributed by atoms with Crippen LogP contribution < -0.4 is 10.1 Å². The smallest absolute Gasteiger partial charge is 0.321 e. The maximum Gasteiger partial charge on any atom is 0.321 e. The number of ether oxygens (including phenoxy) is 1. The molecular formula is C39H51N5O6S. The van der Waals surface area contributed by atoms with Crippen LogP contribution in [0, 0.1) is 11.8 Å². The van der Waals surface area contributed by atoms with Gasteiger partial charge in [0, 0.05) is 44.4 Å². The standard InChI is InChI=1S/C39H51N5O6S/c1-27(2)24-43(51(48,49)33-18-16-32(50-6)17-19-33)26-36(45)34(22-29-12-8-7-9-13-29)40-38(46)37(28(3)4)44-21-20-42(39(44)47)25-31-23-30-14-10-11-15-35(30)41(31)5/h7-19,23,27-28,34,36-37,45H,20-22,24-26H2,1-6H3,(H,40,46)/t34-,36-,37-/m0/s1. The van der Waals surface area contributed by atoms with E-state index < -0.39 is 34.1 Å². The molecule has 51 heavy (non-hydrogen) atoms. The van der Waals surface area contributed by atoms with Crippen LogP contribution in [0.15, 0.2) is 89.8 Å². The number of aryl methyl sites for hydroxylation is 1. The van der Waals surface area contributed by atoms with Gasteiger partial charge in [0.25, 0.3) is 0 Å². The lowest BCUT2D eigenvalue weighted by atomic mass is 9.97. The summed E-state index contributed by atoms with van der Waals surface area (Å²) in [5, 5.41) is 16.0. The van der Waals surface area contributed by atoms with E-state index in [4.69, 9.17) is 4.74 Å². The van der Waals surface area contributed by atoms with Gasteiger partial charge in [-0.25, -0.2) is 13.2 Å². The first-order chi connectivity index (χ1) is 24.3. The van der Waals surface area contributed by atoms with Crippen molar-refractivity contribution in [3.8, 4) is 5.75 Å². The van der Waals surface area contributed by atoms with Crippen molar-refractivity contribution in [3.05, 3.63) is 96.2 Å². The van der Waals surface area contributed by atoms with Gasteiger partial charge < -0.3 is 29.5 Å². The molecule has 0 unspecified atom stereocenters. The van der Waals surface area contributed by atoms with Gasteiger partial charge in [-0.3, -0.25) is 4.79 Å². The number of hydrogen-bond donors (Lipinski definition) is 2. The molecule has 1 saturated heterocycles. The monoisotopic (exact) mass is 717 g/mol. The van der Waals surface area contributed by atoms with E-state index in [0.717, 1.165) is 22.2 Å². The quantitative estimate of drug-likeness (QED) is 0.170. The Bertz CT molecular complexity index is 1890. The second-order valence-electron chi connectivity index (χ2n) is 14.1. The second kappa shape index (κ2) is 16.3. The molecule has 4 aromatic rings. The number of fused-ring (bicyclic) bond motifs is 1. The van der Waals surface area contributed by atoms with Crippen LogP contribution in [0.4, 0.5) is 4.79 Å². The van der Waals surface area contributed by atoms with E-state index in [1.54, 1.807) is 21.9 Å². The predicted octanol–water partition coefficient (Wildman–Crippen LogP) is 4.88. The number of nitrogens with one attached hydrogen (secondary N) is 1. The lowest BCUT2D eigenvalue weighted by Gasteiger charge is -2.34. The Balaban J connectivity index is 1.36. The zero-order valence-corrected chi connectivity index (χ0v) is 31.2. The van der Waals surface area contributed by atoms with Crippen molar-refractivity contribution in [3.63, 3.8) is 0 Å². The van der Waals surface area contributed by atoms with E-state index in [1.807, 2.05) is 89.3 Å². The normalized spacial score (nSPS) is 15.6. The van der Waals surface area contributed by atoms with Gasteiger partial charge in [-0.2, -0.15) is 4.31 Å². The number of carbonyl (C=O) groups is 2. The predicted molar refractivity (Wildman–Crippen MR) is 199 cm³/mol. The lowest BCUT2D eigenvalue weighted by molar-refractivity contribution is -0.128. The van der Waals surface area contributed by atoms with Crippen LogP contribution >= 0.6 is 0 Å². The Morgan fingerprint density at radius 3 is 2.24 bits per heavy atom. The summed E-state index contributed by atoms with van der Waals surface area (Å²) in [6.45, 7) is 8.83. The average Bonchev–Trinajstić information content (AvgIpc) is 3.62. The number of carbonyl (C=O) groups excluding carboxylic acids is 2. The first-order valence-electron chi connectivity index (χ1n) is 17.6. The molecule has 1 aliphatic rings. The maximum absolute atomic E-state index is 14.2. The van der Waals surface area contributed by atoms with E-state index in [2.05, 4.69) is 16.0 Å². The van der Waals surface area contributed by atoms with Crippen LogP contribution in [0.1, 0.15) is 39.0 Å². The number of aliphatic hydroxyl groups excluding tert-OH is 1. The highest BCUT2D eigenvalue weighted by Crippen LogP contribution is 2.25. The maximum atomic E-state index is 14.2. The molecule has 12 heteroatoms. The Kier molecular flexibility index (Phi) is 12.1. The fourth-order valence-electron chi connectivity index (χ4n) is 6.83. The van der Waals surface area contributed by atoms with Gasteiger partial charge in [0.15, 0.2) is 0 Å². The number of nitrogens with zero attached hydrogens (tertiary/aromatic N) is 4. The topological polar surface area (TPSA) is 124 Å². The van der Waals surface area contributed by atoms with Gasteiger partial charge in [-0.05, 0) is 65.6 Å². The third-order valence-corrected chi connectivity index (χ3v) is 11.4. The van der Waals surface area contributed by atoms with Crippen molar-refractivity contribution in [2.45, 2.75) is 63.7 Å². The summed E-state index contributed by atoms with van der Waals surface area (Å²) in [7, 11) is -0.499. The van der Waals surface area contributed by atoms with Gasteiger partial charge in [0.1, 0.15) is 11.8 Å². The highest BCUT2D eigenvalue weighted by Gasteiger charge is 2.40. The second-order valence-corrected chi connectivity index (χ2v) is 16.0. The highest BCUT2D eigenvalue weighted by molar-refractivity contribution is 7.89. The lowest BCUT2D eigenvalue weighted by Crippen LogP contribution is -2.57. The summed E-state index contributed by atoms with van der Waals surface area (Å²) in [4.78, 5) is 31.5. The Labute approximate surface area is 301 Å². The summed E-state index contributed by atoms with van der Waals surface area (Å²) in [5.41, 5.74) is 2.95. The minimum absolute atomic E-state index is 0.0317. The summed E-state index contributed by atoms with van der Waals surface area (Å²) >= 11 is 0. The molecule has 2 N–H and O–H groups in total. The van der Waals surface area contributed by atoms with E-state index in [1.165, 1.54) is 23.5 Å². The van der Waals surface area contributed by atoms with E-state index in [9.17, 15) is 23.1 Å². The van der Waals surface area contributed by atoms with E-state index in [-0.39, 0.29) is 42.3 Å². The molecule has 3 aromatic carbocycles. The SMILES string of the molecule is COc1ccc(S(=O)(=O)N(CC(C)C)C[C@H](O)[C@H](Cc2ccccc2)NC(=O)[C@H](C(C)C)N2CCN(Cc3cc4ccccc4n3C)C2=O)cc1. The third kappa shape index (κ3) is 8.74. The number of aliphatic hydroxyl groups is 1. The molecule has 11 nitrogen and oxygen atoms in total. The van der Waals surface area contributed by atoms with Gasteiger partial charge in [0.2, 0.25) is 15.9 Å². The van der Waals surface area contributed by atoms with E-state index >= 15 is 0 Å². The Hall–Kier alpha value is -4.39. The van der Waals surface area contributed by atoms with Crippen molar-refractivity contribution in [1.82, 2.24) is 24.0 Å². The fraction of sp³-hybridized carbons (Fsp3) is 0.436. The fourth-order valence-corrected chi connectivity index (χ4v) is 8.46. The summed E-state index contributed by atoms with van der Waals surface area (Å²) in [6, 6.07) is 23.9. The molecule has 3 amide bonds. The number of hydrogen-bond acceptors (Lipinski definition) is 6. The molecule has 0 spiro atoms. The number of rotatable bonds is 16. The number of sulfonamides is 1. The number of methoxy groups -OCH3 is 1. The number of para-hydroxylation sites is 1. The summed E-state index contributed by atoms with van der Waals surface area (Å²) in [6.07, 6.45) is -0.997. The minimum Gasteiger partial charge on any atom is -0.497 e. The number of benzene rings is 3. The molecule has 0 aliphatic carbocycles. The molecule has 1 fully saturated rings. The third-order valence-electron chi connectivity index (χ3n) is 9.51. The van der Waals surface area contributed by atoms with Crippen molar-refractivity contribution >= 4 is 32.9 Å². The van der Waals surface area contributed by atoms with Crippen LogP contribution in [-0.2, 0) is 34.8 Å². The largest absolute Gasteiger partial charge is 0.497 e. The average molecular weight is 718 g/mol. The number of urea groups is 1. The molecule has 2 heterocycles. The molecule has 3 atom stereocenters. The first-order valence-corrected chi connectivity index (χ1v) is 19.0. The molecular weight excluding hydrogens is 667 g/mol. The zero-order valence-electron chi connectivity index (χ0n) is 30.4. The molecule has 1 aliphatic heterocycles. The highest BCUT2D eigenvalue weighted by atomic mass is 32.2. The van der Waals surface area contributed by atoms with Gasteiger partial charge in [-0.15, -0.1) is 0 Å². The van der Waals surface area contributed by atoms with Crippen LogP contribution in [0.5, 0.6) is 5.75 Å².